The number of phenols is 1. The van der Waals surface area contributed by atoms with E-state index in [1.165, 1.54) is 12.1 Å². The first-order valence-electron chi connectivity index (χ1n) is 4.32. The second-order valence-corrected chi connectivity index (χ2v) is 2.86. The number of nitro groups is 1. The lowest BCUT2D eigenvalue weighted by Crippen LogP contribution is -2.11. The Morgan fingerprint density at radius 3 is 2.79 bits per heavy atom. The second-order valence-electron chi connectivity index (χ2n) is 2.86. The number of phenolic OH excluding ortho intramolecular Hbond substituents is 1. The summed E-state index contributed by atoms with van der Waals surface area (Å²) in [6, 6.07) is 4.34. The van der Waals surface area contributed by atoms with Crippen LogP contribution in [0.3, 0.4) is 0 Å². The summed E-state index contributed by atoms with van der Waals surface area (Å²) in [5.74, 6) is -0.287. The molecule has 1 aromatic rings. The van der Waals surface area contributed by atoms with Gasteiger partial charge in [-0.1, -0.05) is 13.0 Å². The van der Waals surface area contributed by atoms with Crippen molar-refractivity contribution < 1.29 is 10.0 Å². The molecule has 1 aromatic carbocycles. The Morgan fingerprint density at radius 1 is 1.57 bits per heavy atom. The maximum absolute atomic E-state index is 10.4. The van der Waals surface area contributed by atoms with Crippen LogP contribution in [-0.4, -0.2) is 16.6 Å². The number of rotatable bonds is 4. The molecule has 0 heterocycles. The zero-order valence-corrected chi connectivity index (χ0v) is 7.86. The maximum Gasteiger partial charge on any atom is 0.310 e. The third-order valence-corrected chi connectivity index (χ3v) is 1.82. The fourth-order valence-corrected chi connectivity index (χ4v) is 1.10. The van der Waals surface area contributed by atoms with Crippen molar-refractivity contribution in [3.05, 3.63) is 33.9 Å². The van der Waals surface area contributed by atoms with Crippen molar-refractivity contribution in [3.8, 4) is 5.75 Å². The average Bonchev–Trinajstić information content (AvgIpc) is 2.14. The first kappa shape index (κ1) is 10.5. The van der Waals surface area contributed by atoms with Crippen molar-refractivity contribution in [1.29, 1.82) is 0 Å². The van der Waals surface area contributed by atoms with E-state index in [1.807, 2.05) is 6.92 Å². The van der Waals surface area contributed by atoms with Crippen molar-refractivity contribution in [1.82, 2.24) is 5.32 Å². The molecule has 2 N–H and O–H groups in total. The molecule has 76 valence electrons. The maximum atomic E-state index is 10.4. The predicted molar refractivity (Wildman–Crippen MR) is 52.1 cm³/mol. The van der Waals surface area contributed by atoms with E-state index in [9.17, 15) is 15.2 Å². The minimum Gasteiger partial charge on any atom is -0.502 e. The summed E-state index contributed by atoms with van der Waals surface area (Å²) in [4.78, 5) is 9.77. The number of benzene rings is 1. The highest BCUT2D eigenvalue weighted by Crippen LogP contribution is 2.25. The Bertz CT molecular complexity index is 339. The molecule has 0 aliphatic rings. The summed E-state index contributed by atoms with van der Waals surface area (Å²) >= 11 is 0. The summed E-state index contributed by atoms with van der Waals surface area (Å²) in [5, 5.41) is 22.7. The summed E-state index contributed by atoms with van der Waals surface area (Å²) in [6.07, 6.45) is 0. The largest absolute Gasteiger partial charge is 0.502 e. The van der Waals surface area contributed by atoms with E-state index in [2.05, 4.69) is 5.32 Å². The van der Waals surface area contributed by atoms with Gasteiger partial charge in [-0.3, -0.25) is 10.1 Å². The average molecular weight is 196 g/mol. The molecule has 0 unspecified atom stereocenters. The highest BCUT2D eigenvalue weighted by atomic mass is 16.6. The lowest BCUT2D eigenvalue weighted by atomic mass is 10.2. The van der Waals surface area contributed by atoms with Crippen LogP contribution in [0.4, 0.5) is 5.69 Å². The minimum atomic E-state index is -0.605. The van der Waals surface area contributed by atoms with Crippen LogP contribution in [-0.2, 0) is 6.54 Å². The van der Waals surface area contributed by atoms with Crippen LogP contribution in [0.25, 0.3) is 0 Å². The molecule has 0 aliphatic heterocycles. The van der Waals surface area contributed by atoms with Gasteiger partial charge in [0.15, 0.2) is 5.75 Å². The van der Waals surface area contributed by atoms with E-state index >= 15 is 0 Å². The van der Waals surface area contributed by atoms with Gasteiger partial charge in [0, 0.05) is 12.6 Å². The number of hydrogen-bond acceptors (Lipinski definition) is 4. The molecule has 5 heteroatoms. The highest BCUT2D eigenvalue weighted by molar-refractivity contribution is 5.47. The van der Waals surface area contributed by atoms with Gasteiger partial charge in [-0.2, -0.15) is 0 Å². The molecule has 0 amide bonds. The van der Waals surface area contributed by atoms with E-state index < -0.39 is 4.92 Å². The van der Waals surface area contributed by atoms with Crippen LogP contribution in [0.15, 0.2) is 18.2 Å². The van der Waals surface area contributed by atoms with Crippen molar-refractivity contribution in [2.75, 3.05) is 6.54 Å². The fraction of sp³-hybridized carbons (Fsp3) is 0.333. The number of nitro benzene ring substituents is 1. The van der Waals surface area contributed by atoms with E-state index in [0.717, 1.165) is 12.1 Å². The SMILES string of the molecule is CCNCc1ccc([N+](=O)[O-])c(O)c1. The molecular formula is C9H12N2O3. The van der Waals surface area contributed by atoms with Gasteiger partial charge in [-0.05, 0) is 18.2 Å². The lowest BCUT2D eigenvalue weighted by molar-refractivity contribution is -0.385. The third-order valence-electron chi connectivity index (χ3n) is 1.82. The van der Waals surface area contributed by atoms with Gasteiger partial charge < -0.3 is 10.4 Å². The molecule has 14 heavy (non-hydrogen) atoms. The van der Waals surface area contributed by atoms with Crippen molar-refractivity contribution in [2.24, 2.45) is 0 Å². The normalized spacial score (nSPS) is 10.1. The minimum absolute atomic E-state index is 0.259. The van der Waals surface area contributed by atoms with Gasteiger partial charge in [-0.15, -0.1) is 0 Å². The number of aromatic hydroxyl groups is 1. The highest BCUT2D eigenvalue weighted by Gasteiger charge is 2.12. The Balaban J connectivity index is 2.83. The topological polar surface area (TPSA) is 75.4 Å². The van der Waals surface area contributed by atoms with Crippen LogP contribution in [0, 0.1) is 10.1 Å². The van der Waals surface area contributed by atoms with Crippen LogP contribution in [0.1, 0.15) is 12.5 Å². The standard InChI is InChI=1S/C9H12N2O3/c1-2-10-6-7-3-4-8(11(13)14)9(12)5-7/h3-5,10,12H,2,6H2,1H3. The van der Waals surface area contributed by atoms with Crippen molar-refractivity contribution >= 4 is 5.69 Å². The Labute approximate surface area is 81.5 Å². The molecule has 0 saturated heterocycles. The van der Waals surface area contributed by atoms with Gasteiger partial charge in [0.2, 0.25) is 0 Å². The van der Waals surface area contributed by atoms with Gasteiger partial charge in [0.05, 0.1) is 4.92 Å². The Kier molecular flexibility index (Phi) is 3.41. The van der Waals surface area contributed by atoms with Crippen molar-refractivity contribution in [3.63, 3.8) is 0 Å². The summed E-state index contributed by atoms with van der Waals surface area (Å²) in [6.45, 7) is 3.38. The van der Waals surface area contributed by atoms with Gasteiger partial charge in [0.1, 0.15) is 0 Å². The molecule has 0 saturated carbocycles. The summed E-state index contributed by atoms with van der Waals surface area (Å²) in [5.41, 5.74) is 0.570. The Morgan fingerprint density at radius 2 is 2.29 bits per heavy atom. The molecule has 5 nitrogen and oxygen atoms in total. The smallest absolute Gasteiger partial charge is 0.310 e. The molecular weight excluding hydrogens is 184 g/mol. The number of nitrogens with zero attached hydrogens (tertiary/aromatic N) is 1. The molecule has 0 fully saturated rings. The van der Waals surface area contributed by atoms with Gasteiger partial charge in [0.25, 0.3) is 0 Å². The van der Waals surface area contributed by atoms with E-state index in [0.29, 0.717) is 6.54 Å². The zero-order valence-electron chi connectivity index (χ0n) is 7.86. The van der Waals surface area contributed by atoms with E-state index in [1.54, 1.807) is 6.07 Å². The summed E-state index contributed by atoms with van der Waals surface area (Å²) in [7, 11) is 0. The van der Waals surface area contributed by atoms with E-state index in [-0.39, 0.29) is 11.4 Å². The van der Waals surface area contributed by atoms with Crippen LogP contribution in [0.2, 0.25) is 0 Å². The molecule has 0 aliphatic carbocycles. The molecule has 0 atom stereocenters. The van der Waals surface area contributed by atoms with Crippen LogP contribution in [0.5, 0.6) is 5.75 Å². The summed E-state index contributed by atoms with van der Waals surface area (Å²) < 4.78 is 0. The van der Waals surface area contributed by atoms with Gasteiger partial charge >= 0.3 is 5.69 Å². The first-order chi connectivity index (χ1) is 6.65. The zero-order chi connectivity index (χ0) is 10.6. The molecule has 0 spiro atoms. The fourth-order valence-electron chi connectivity index (χ4n) is 1.10. The quantitative estimate of drug-likeness (QED) is 0.564. The second kappa shape index (κ2) is 4.57. The monoisotopic (exact) mass is 196 g/mol. The van der Waals surface area contributed by atoms with Gasteiger partial charge in [-0.25, -0.2) is 0 Å². The number of nitrogens with one attached hydrogen (secondary N) is 1. The number of hydrogen-bond donors (Lipinski definition) is 2. The molecule has 1 rings (SSSR count). The molecule has 0 aromatic heterocycles. The van der Waals surface area contributed by atoms with E-state index in [4.69, 9.17) is 0 Å². The lowest BCUT2D eigenvalue weighted by Gasteiger charge is -2.02. The molecule has 0 radical (unpaired) electrons. The molecule has 0 bridgehead atoms. The van der Waals surface area contributed by atoms with Crippen LogP contribution >= 0.6 is 0 Å². The third kappa shape index (κ3) is 2.43. The van der Waals surface area contributed by atoms with Crippen LogP contribution < -0.4 is 5.32 Å². The first-order valence-corrected chi connectivity index (χ1v) is 4.32. The predicted octanol–water partition coefficient (Wildman–Crippen LogP) is 1.41. The van der Waals surface area contributed by atoms with Crippen molar-refractivity contribution in [2.45, 2.75) is 13.5 Å². The Hall–Kier alpha value is -1.62.